The SMILES string of the molecule is CCNC(=NCCCc1ccc(Br)cc1F)N1CCC(COC)C1. The average molecular weight is 400 g/mol. The van der Waals surface area contributed by atoms with Crippen molar-refractivity contribution >= 4 is 21.9 Å². The van der Waals surface area contributed by atoms with Crippen LogP contribution in [-0.4, -0.2) is 50.8 Å². The molecule has 4 nitrogen and oxygen atoms in total. The number of likely N-dealkylation sites (tertiary alicyclic amines) is 1. The van der Waals surface area contributed by atoms with Gasteiger partial charge in [-0.25, -0.2) is 4.39 Å². The van der Waals surface area contributed by atoms with E-state index in [1.165, 1.54) is 6.07 Å². The molecule has 0 radical (unpaired) electrons. The number of nitrogens with zero attached hydrogens (tertiary/aromatic N) is 2. The molecule has 1 saturated heterocycles. The predicted molar refractivity (Wildman–Crippen MR) is 100.0 cm³/mol. The zero-order chi connectivity index (χ0) is 17.4. The van der Waals surface area contributed by atoms with Crippen molar-refractivity contribution in [1.82, 2.24) is 10.2 Å². The number of benzene rings is 1. The van der Waals surface area contributed by atoms with Crippen LogP contribution in [0.15, 0.2) is 27.7 Å². The Labute approximate surface area is 152 Å². The molecule has 0 aliphatic carbocycles. The summed E-state index contributed by atoms with van der Waals surface area (Å²) < 4.78 is 19.8. The van der Waals surface area contributed by atoms with E-state index in [1.54, 1.807) is 7.11 Å². The molecule has 2 rings (SSSR count). The molecule has 0 amide bonds. The molecule has 1 heterocycles. The quantitative estimate of drug-likeness (QED) is 0.433. The minimum absolute atomic E-state index is 0.151. The summed E-state index contributed by atoms with van der Waals surface area (Å²) in [6, 6.07) is 5.24. The zero-order valence-electron chi connectivity index (χ0n) is 14.5. The number of aryl methyl sites for hydroxylation is 1. The lowest BCUT2D eigenvalue weighted by Crippen LogP contribution is -2.40. The van der Waals surface area contributed by atoms with Crippen LogP contribution in [0.25, 0.3) is 0 Å². The molecule has 0 saturated carbocycles. The normalized spacial score (nSPS) is 18.2. The minimum Gasteiger partial charge on any atom is -0.384 e. The molecule has 6 heteroatoms. The van der Waals surface area contributed by atoms with E-state index in [0.717, 1.165) is 55.1 Å². The lowest BCUT2D eigenvalue weighted by atomic mass is 10.1. The van der Waals surface area contributed by atoms with Crippen molar-refractivity contribution in [3.63, 3.8) is 0 Å². The summed E-state index contributed by atoms with van der Waals surface area (Å²) in [7, 11) is 1.75. The highest BCUT2D eigenvalue weighted by Crippen LogP contribution is 2.18. The van der Waals surface area contributed by atoms with Gasteiger partial charge in [0.1, 0.15) is 5.82 Å². The maximum absolute atomic E-state index is 13.8. The van der Waals surface area contributed by atoms with E-state index in [1.807, 2.05) is 12.1 Å². The molecule has 0 bridgehead atoms. The molecule has 1 aromatic rings. The van der Waals surface area contributed by atoms with E-state index in [0.29, 0.717) is 18.9 Å². The van der Waals surface area contributed by atoms with Crippen LogP contribution < -0.4 is 5.32 Å². The first kappa shape index (κ1) is 19.2. The fourth-order valence-corrected chi connectivity index (χ4v) is 3.33. The van der Waals surface area contributed by atoms with Crippen molar-refractivity contribution in [3.05, 3.63) is 34.1 Å². The molecule has 1 aliphatic heterocycles. The lowest BCUT2D eigenvalue weighted by Gasteiger charge is -2.21. The summed E-state index contributed by atoms with van der Waals surface area (Å²) in [5.74, 6) is 1.39. The van der Waals surface area contributed by atoms with Crippen LogP contribution in [-0.2, 0) is 11.2 Å². The van der Waals surface area contributed by atoms with Gasteiger partial charge in [0.15, 0.2) is 5.96 Å². The van der Waals surface area contributed by atoms with Gasteiger partial charge in [0.2, 0.25) is 0 Å². The number of guanidine groups is 1. The van der Waals surface area contributed by atoms with E-state index in [4.69, 9.17) is 9.73 Å². The molecule has 134 valence electrons. The molecule has 1 atom stereocenters. The van der Waals surface area contributed by atoms with Crippen molar-refractivity contribution < 1.29 is 9.13 Å². The van der Waals surface area contributed by atoms with Crippen molar-refractivity contribution in [2.45, 2.75) is 26.2 Å². The van der Waals surface area contributed by atoms with Gasteiger partial charge in [-0.3, -0.25) is 4.99 Å². The van der Waals surface area contributed by atoms with Gasteiger partial charge < -0.3 is 15.0 Å². The Balaban J connectivity index is 1.85. The Bertz CT molecular complexity index is 553. The van der Waals surface area contributed by atoms with Crippen LogP contribution in [0.3, 0.4) is 0 Å². The van der Waals surface area contributed by atoms with Crippen LogP contribution in [0.1, 0.15) is 25.3 Å². The van der Waals surface area contributed by atoms with Crippen LogP contribution in [0.5, 0.6) is 0 Å². The van der Waals surface area contributed by atoms with Crippen molar-refractivity contribution in [2.75, 3.05) is 39.9 Å². The van der Waals surface area contributed by atoms with E-state index in [9.17, 15) is 4.39 Å². The van der Waals surface area contributed by atoms with Gasteiger partial charge >= 0.3 is 0 Å². The maximum atomic E-state index is 13.8. The Morgan fingerprint density at radius 2 is 2.33 bits per heavy atom. The largest absolute Gasteiger partial charge is 0.384 e. The number of methoxy groups -OCH3 is 1. The van der Waals surface area contributed by atoms with Gasteiger partial charge in [-0.1, -0.05) is 22.0 Å². The second-order valence-electron chi connectivity index (χ2n) is 6.13. The highest BCUT2D eigenvalue weighted by atomic mass is 79.9. The van der Waals surface area contributed by atoms with E-state index in [-0.39, 0.29) is 5.82 Å². The standard InChI is InChI=1S/C18H27BrFN3O/c1-3-21-18(23-10-8-14(12-23)13-24-2)22-9-4-5-15-6-7-16(19)11-17(15)20/h6-7,11,14H,3-5,8-10,12-13H2,1-2H3,(H,21,22). The lowest BCUT2D eigenvalue weighted by molar-refractivity contribution is 0.157. The fourth-order valence-electron chi connectivity index (χ4n) is 3.00. The topological polar surface area (TPSA) is 36.9 Å². The summed E-state index contributed by atoms with van der Waals surface area (Å²) >= 11 is 3.28. The molecule has 1 fully saturated rings. The third-order valence-electron chi connectivity index (χ3n) is 4.20. The summed E-state index contributed by atoms with van der Waals surface area (Å²) in [6.07, 6.45) is 2.68. The van der Waals surface area contributed by atoms with E-state index in [2.05, 4.69) is 33.1 Å². The maximum Gasteiger partial charge on any atom is 0.193 e. The molecular formula is C18H27BrFN3O. The van der Waals surface area contributed by atoms with Gasteiger partial charge in [0, 0.05) is 43.7 Å². The number of ether oxygens (including phenoxy) is 1. The first-order chi connectivity index (χ1) is 11.6. The van der Waals surface area contributed by atoms with Gasteiger partial charge in [-0.15, -0.1) is 0 Å². The third-order valence-corrected chi connectivity index (χ3v) is 4.70. The second kappa shape index (κ2) is 9.99. The number of hydrogen-bond acceptors (Lipinski definition) is 2. The predicted octanol–water partition coefficient (Wildman–Crippen LogP) is 3.45. The van der Waals surface area contributed by atoms with Crippen LogP contribution >= 0.6 is 15.9 Å². The van der Waals surface area contributed by atoms with Gasteiger partial charge in [-0.05, 0) is 43.9 Å². The third kappa shape index (κ3) is 5.74. The van der Waals surface area contributed by atoms with Gasteiger partial charge in [0.05, 0.1) is 6.61 Å². The molecule has 1 unspecified atom stereocenters. The molecule has 0 aromatic heterocycles. The number of aliphatic imine (C=N–C) groups is 1. The average Bonchev–Trinajstić information content (AvgIpc) is 3.01. The summed E-state index contributed by atoms with van der Waals surface area (Å²) in [4.78, 5) is 7.01. The van der Waals surface area contributed by atoms with E-state index >= 15 is 0 Å². The van der Waals surface area contributed by atoms with Crippen molar-refractivity contribution in [3.8, 4) is 0 Å². The first-order valence-corrected chi connectivity index (χ1v) is 9.39. The smallest absolute Gasteiger partial charge is 0.193 e. The highest BCUT2D eigenvalue weighted by Gasteiger charge is 2.24. The number of hydrogen-bond donors (Lipinski definition) is 1. The van der Waals surface area contributed by atoms with Gasteiger partial charge in [0.25, 0.3) is 0 Å². The summed E-state index contributed by atoms with van der Waals surface area (Å²) in [5, 5.41) is 3.36. The van der Waals surface area contributed by atoms with Gasteiger partial charge in [-0.2, -0.15) is 0 Å². The summed E-state index contributed by atoms with van der Waals surface area (Å²) in [5.41, 5.74) is 0.750. The summed E-state index contributed by atoms with van der Waals surface area (Å²) in [6.45, 7) is 6.44. The second-order valence-corrected chi connectivity index (χ2v) is 7.05. The number of halogens is 2. The van der Waals surface area contributed by atoms with E-state index < -0.39 is 0 Å². The van der Waals surface area contributed by atoms with Crippen LogP contribution in [0, 0.1) is 11.7 Å². The molecule has 24 heavy (non-hydrogen) atoms. The Kier molecular flexibility index (Phi) is 7.99. The monoisotopic (exact) mass is 399 g/mol. The molecule has 1 aliphatic rings. The fraction of sp³-hybridized carbons (Fsp3) is 0.611. The Hall–Kier alpha value is -1.14. The number of nitrogens with one attached hydrogen (secondary N) is 1. The highest BCUT2D eigenvalue weighted by molar-refractivity contribution is 9.10. The Morgan fingerprint density at radius 1 is 1.50 bits per heavy atom. The van der Waals surface area contributed by atoms with Crippen LogP contribution in [0.2, 0.25) is 0 Å². The molecule has 0 spiro atoms. The van der Waals surface area contributed by atoms with Crippen molar-refractivity contribution in [1.29, 1.82) is 0 Å². The number of rotatable bonds is 7. The minimum atomic E-state index is -0.151. The molecule has 1 aromatic carbocycles. The van der Waals surface area contributed by atoms with Crippen molar-refractivity contribution in [2.24, 2.45) is 10.9 Å². The first-order valence-electron chi connectivity index (χ1n) is 8.60. The molecule has 1 N–H and O–H groups in total. The molecular weight excluding hydrogens is 373 g/mol. The zero-order valence-corrected chi connectivity index (χ0v) is 16.1. The van der Waals surface area contributed by atoms with Crippen LogP contribution in [0.4, 0.5) is 4.39 Å². The Morgan fingerprint density at radius 3 is 3.04 bits per heavy atom.